The van der Waals surface area contributed by atoms with E-state index in [2.05, 4.69) is 0 Å². The Hall–Kier alpha value is -2.34. The molecule has 0 radical (unpaired) electrons. The van der Waals surface area contributed by atoms with Crippen LogP contribution in [0.1, 0.15) is 15.9 Å². The molecule has 1 aliphatic rings. The van der Waals surface area contributed by atoms with Crippen LogP contribution in [0.3, 0.4) is 0 Å². The number of hydrogen-bond acceptors (Lipinski definition) is 9. The third-order valence-electron chi connectivity index (χ3n) is 4.82. The van der Waals surface area contributed by atoms with Gasteiger partial charge in [0, 0.05) is 7.11 Å². The zero-order valence-corrected chi connectivity index (χ0v) is 17.8. The Bertz CT molecular complexity index is 976. The summed E-state index contributed by atoms with van der Waals surface area (Å²) >= 11 is 0. The van der Waals surface area contributed by atoms with Crippen LogP contribution in [-0.2, 0) is 28.5 Å². The Morgan fingerprint density at radius 2 is 1.68 bits per heavy atom. The number of aliphatic hydroxyl groups excluding tert-OH is 2. The number of rotatable bonds is 7. The van der Waals surface area contributed by atoms with Crippen molar-refractivity contribution in [2.45, 2.75) is 42.5 Å². The Morgan fingerprint density at radius 1 is 1.03 bits per heavy atom. The van der Waals surface area contributed by atoms with E-state index in [1.807, 2.05) is 6.92 Å². The van der Waals surface area contributed by atoms with Crippen molar-refractivity contribution in [3.05, 3.63) is 65.7 Å². The first kappa shape index (κ1) is 23.3. The normalized spacial score (nSPS) is 26.4. The first-order valence-electron chi connectivity index (χ1n) is 9.49. The van der Waals surface area contributed by atoms with Crippen LogP contribution < -0.4 is 0 Å². The molecular formula is C21H24O9S. The molecule has 2 N–H and O–H groups in total. The van der Waals surface area contributed by atoms with Crippen molar-refractivity contribution in [1.82, 2.24) is 0 Å². The summed E-state index contributed by atoms with van der Waals surface area (Å²) < 4.78 is 45.7. The van der Waals surface area contributed by atoms with Crippen molar-refractivity contribution in [1.29, 1.82) is 0 Å². The summed E-state index contributed by atoms with van der Waals surface area (Å²) in [6.45, 7) is 1.24. The molecule has 0 amide bonds. The summed E-state index contributed by atoms with van der Waals surface area (Å²) in [5.41, 5.74) is 1.10. The third-order valence-corrected chi connectivity index (χ3v) is 6.12. The predicted molar refractivity (Wildman–Crippen MR) is 108 cm³/mol. The standard InChI is InChI=1S/C21H24O9S/c1-13-8-10-15(11-9-13)31(25,26)28-12-16-17(22)19(18(23)21(27-2)29-16)30-20(24)14-6-4-3-5-7-14/h3-11,16-19,21-23H,12H2,1-2H3/t16-,17-,18+,19+,21+/m1/s1. The molecule has 9 nitrogen and oxygen atoms in total. The number of carbonyl (C=O) groups excluding carboxylic acids is 1. The monoisotopic (exact) mass is 452 g/mol. The largest absolute Gasteiger partial charge is 0.453 e. The molecular weight excluding hydrogens is 428 g/mol. The zero-order chi connectivity index (χ0) is 22.6. The quantitative estimate of drug-likeness (QED) is 0.467. The van der Waals surface area contributed by atoms with Crippen LogP contribution in [0.25, 0.3) is 0 Å². The van der Waals surface area contributed by atoms with E-state index in [9.17, 15) is 23.4 Å². The van der Waals surface area contributed by atoms with Crippen molar-refractivity contribution in [2.75, 3.05) is 13.7 Å². The van der Waals surface area contributed by atoms with E-state index in [0.29, 0.717) is 0 Å². The van der Waals surface area contributed by atoms with Crippen molar-refractivity contribution < 1.29 is 41.8 Å². The molecule has 2 aromatic carbocycles. The SMILES string of the molecule is CO[C@H]1O[C@H](COS(=O)(=O)c2ccc(C)cc2)[C@@H](O)[C@H](OC(=O)c2ccccc2)[C@@H]1O. The lowest BCUT2D eigenvalue weighted by atomic mass is 9.99. The van der Waals surface area contributed by atoms with E-state index >= 15 is 0 Å². The van der Waals surface area contributed by atoms with Gasteiger partial charge in [0.25, 0.3) is 10.1 Å². The van der Waals surface area contributed by atoms with Crippen LogP contribution in [0, 0.1) is 6.92 Å². The number of hydrogen-bond donors (Lipinski definition) is 2. The van der Waals surface area contributed by atoms with Gasteiger partial charge in [0.1, 0.15) is 18.3 Å². The summed E-state index contributed by atoms with van der Waals surface area (Å²) in [7, 11) is -2.87. The van der Waals surface area contributed by atoms with Gasteiger partial charge in [0.2, 0.25) is 0 Å². The van der Waals surface area contributed by atoms with Gasteiger partial charge in [-0.15, -0.1) is 0 Å². The molecule has 3 rings (SSSR count). The van der Waals surface area contributed by atoms with Gasteiger partial charge in [0.05, 0.1) is 17.1 Å². The lowest BCUT2D eigenvalue weighted by molar-refractivity contribution is -0.292. The molecule has 31 heavy (non-hydrogen) atoms. The average molecular weight is 452 g/mol. The predicted octanol–water partition coefficient (Wildman–Crippen LogP) is 1.02. The van der Waals surface area contributed by atoms with Gasteiger partial charge in [-0.2, -0.15) is 8.42 Å². The lowest BCUT2D eigenvalue weighted by Gasteiger charge is -2.41. The van der Waals surface area contributed by atoms with Crippen molar-refractivity contribution in [3.8, 4) is 0 Å². The van der Waals surface area contributed by atoms with E-state index < -0.39 is 53.4 Å². The molecule has 0 aliphatic carbocycles. The number of aryl methyl sites for hydroxylation is 1. The first-order chi connectivity index (χ1) is 14.7. The molecule has 0 aromatic heterocycles. The Labute approximate surface area is 180 Å². The fraction of sp³-hybridized carbons (Fsp3) is 0.381. The van der Waals surface area contributed by atoms with Gasteiger partial charge < -0.3 is 24.4 Å². The van der Waals surface area contributed by atoms with Gasteiger partial charge in [-0.3, -0.25) is 4.18 Å². The molecule has 1 fully saturated rings. The van der Waals surface area contributed by atoms with Crippen LogP contribution in [0.5, 0.6) is 0 Å². The highest BCUT2D eigenvalue weighted by Gasteiger charge is 2.47. The maximum Gasteiger partial charge on any atom is 0.338 e. The van der Waals surface area contributed by atoms with Crippen molar-refractivity contribution in [3.63, 3.8) is 0 Å². The summed E-state index contributed by atoms with van der Waals surface area (Å²) in [6, 6.07) is 14.1. The lowest BCUT2D eigenvalue weighted by Crippen LogP contribution is -2.60. The van der Waals surface area contributed by atoms with Gasteiger partial charge in [-0.25, -0.2) is 4.79 Å². The summed E-state index contributed by atoms with van der Waals surface area (Å²) in [5, 5.41) is 21.0. The highest BCUT2D eigenvalue weighted by molar-refractivity contribution is 7.86. The molecule has 5 atom stereocenters. The maximum absolute atomic E-state index is 12.4. The Morgan fingerprint density at radius 3 is 2.29 bits per heavy atom. The number of esters is 1. The fourth-order valence-corrected chi connectivity index (χ4v) is 3.99. The fourth-order valence-electron chi connectivity index (χ4n) is 3.07. The molecule has 1 heterocycles. The van der Waals surface area contributed by atoms with Crippen molar-refractivity contribution in [2.24, 2.45) is 0 Å². The van der Waals surface area contributed by atoms with Gasteiger partial charge in [-0.1, -0.05) is 35.9 Å². The zero-order valence-electron chi connectivity index (χ0n) is 17.0. The Balaban J connectivity index is 1.72. The van der Waals surface area contributed by atoms with Crippen molar-refractivity contribution >= 4 is 16.1 Å². The second-order valence-corrected chi connectivity index (χ2v) is 8.66. The highest BCUT2D eigenvalue weighted by Crippen LogP contribution is 2.26. The number of carbonyl (C=O) groups is 1. The molecule has 0 bridgehead atoms. The van der Waals surface area contributed by atoms with Gasteiger partial charge in [-0.05, 0) is 31.2 Å². The van der Waals surface area contributed by atoms with Crippen LogP contribution in [0.15, 0.2) is 59.5 Å². The highest BCUT2D eigenvalue weighted by atomic mass is 32.2. The number of benzene rings is 2. The molecule has 10 heteroatoms. The summed E-state index contributed by atoms with van der Waals surface area (Å²) in [4.78, 5) is 12.3. The van der Waals surface area contributed by atoms with Gasteiger partial charge >= 0.3 is 5.97 Å². The van der Waals surface area contributed by atoms with E-state index in [1.54, 1.807) is 30.3 Å². The van der Waals surface area contributed by atoms with Crippen LogP contribution in [0.2, 0.25) is 0 Å². The number of ether oxygens (including phenoxy) is 3. The number of aliphatic hydroxyl groups is 2. The third kappa shape index (κ3) is 5.48. The smallest absolute Gasteiger partial charge is 0.338 e. The van der Waals surface area contributed by atoms with E-state index in [1.165, 1.54) is 31.4 Å². The molecule has 2 aromatic rings. The second-order valence-electron chi connectivity index (χ2n) is 7.05. The van der Waals surface area contributed by atoms with Gasteiger partial charge in [0.15, 0.2) is 12.4 Å². The van der Waals surface area contributed by atoms with E-state index in [4.69, 9.17) is 18.4 Å². The molecule has 1 aliphatic heterocycles. The van der Waals surface area contributed by atoms with Crippen LogP contribution in [-0.4, -0.2) is 69.0 Å². The summed E-state index contributed by atoms with van der Waals surface area (Å²) in [5.74, 6) is -0.771. The number of methoxy groups -OCH3 is 1. The minimum atomic E-state index is -4.12. The van der Waals surface area contributed by atoms with E-state index in [0.717, 1.165) is 5.56 Å². The molecule has 0 saturated carbocycles. The maximum atomic E-state index is 12.4. The summed E-state index contributed by atoms with van der Waals surface area (Å²) in [6.07, 6.45) is -7.02. The van der Waals surface area contributed by atoms with Crippen LogP contribution >= 0.6 is 0 Å². The second kappa shape index (κ2) is 9.86. The molecule has 0 spiro atoms. The molecule has 1 saturated heterocycles. The molecule has 0 unspecified atom stereocenters. The Kier molecular flexibility index (Phi) is 7.42. The molecule has 168 valence electrons. The topological polar surface area (TPSA) is 129 Å². The van der Waals surface area contributed by atoms with E-state index in [-0.39, 0.29) is 10.5 Å². The minimum absolute atomic E-state index is 0.0567. The first-order valence-corrected chi connectivity index (χ1v) is 10.9. The minimum Gasteiger partial charge on any atom is -0.453 e. The van der Waals surface area contributed by atoms with Crippen LogP contribution in [0.4, 0.5) is 0 Å². The average Bonchev–Trinajstić information content (AvgIpc) is 2.77.